The maximum atomic E-state index is 13.2. The van der Waals surface area contributed by atoms with Gasteiger partial charge in [0.2, 0.25) is 5.91 Å². The second-order valence-electron chi connectivity index (χ2n) is 9.44. The zero-order valence-corrected chi connectivity index (χ0v) is 23.3. The summed E-state index contributed by atoms with van der Waals surface area (Å²) in [4.78, 5) is 41.7. The Hall–Kier alpha value is -4.77. The van der Waals surface area contributed by atoms with Crippen LogP contribution < -0.4 is 10.6 Å². The third kappa shape index (κ3) is 7.64. The molecule has 8 nitrogen and oxygen atoms in total. The number of rotatable bonds is 12. The number of amides is 2. The molecular weight excluding hydrogens is 504 g/mol. The van der Waals surface area contributed by atoms with Gasteiger partial charge in [0.25, 0.3) is 5.91 Å². The molecule has 0 radical (unpaired) electrons. The summed E-state index contributed by atoms with van der Waals surface area (Å²) in [5.41, 5.74) is 1.95. The summed E-state index contributed by atoms with van der Waals surface area (Å²) in [6.45, 7) is 3.68. The van der Waals surface area contributed by atoms with Crippen molar-refractivity contribution in [1.82, 2.24) is 5.32 Å². The Morgan fingerprint density at radius 2 is 1.88 bits per heavy atom. The summed E-state index contributed by atoms with van der Waals surface area (Å²) in [5.74, 6) is 0.430. The normalized spacial score (nSPS) is 14.6. The van der Waals surface area contributed by atoms with Crippen molar-refractivity contribution >= 4 is 35.3 Å². The second kappa shape index (κ2) is 13.9. The number of carbonyl (C=O) groups is 3. The molecule has 0 aromatic heterocycles. The number of benzene rings is 2. The van der Waals surface area contributed by atoms with Crippen LogP contribution in [0.2, 0.25) is 0 Å². The quantitative estimate of drug-likeness (QED) is 0.154. The van der Waals surface area contributed by atoms with Crippen LogP contribution in [0.3, 0.4) is 0 Å². The number of ketones is 1. The number of Topliss-reactive ketones (excluding diaryl/α,β-unsaturated/α-hetero) is 1. The molecule has 206 valence electrons. The van der Waals surface area contributed by atoms with Crippen LogP contribution in [0.25, 0.3) is 5.76 Å². The highest BCUT2D eigenvalue weighted by molar-refractivity contribution is 6.07. The highest BCUT2D eigenvalue weighted by Crippen LogP contribution is 2.48. The minimum absolute atomic E-state index is 0.142. The molecule has 8 heteroatoms. The SMILES string of the molecule is CC=CC=C(OC(=CCC(=O)NC)CC=NC)c1cccc(C(=O)Nc2ccc(C(=O)C3(C#N)CC3)c(C)c2)c1. The van der Waals surface area contributed by atoms with Crippen LogP contribution in [0.5, 0.6) is 0 Å². The molecule has 0 unspecified atom stereocenters. The zero-order valence-electron chi connectivity index (χ0n) is 23.3. The van der Waals surface area contributed by atoms with Crippen LogP contribution in [0, 0.1) is 23.7 Å². The number of nitrogens with one attached hydrogen (secondary N) is 2. The van der Waals surface area contributed by atoms with Gasteiger partial charge in [-0.25, -0.2) is 0 Å². The first kappa shape index (κ1) is 29.8. The van der Waals surface area contributed by atoms with Gasteiger partial charge in [-0.1, -0.05) is 24.3 Å². The molecule has 1 aliphatic carbocycles. The molecule has 2 amide bonds. The average molecular weight is 539 g/mol. The number of anilines is 1. The fraction of sp³-hybridized carbons (Fsp3) is 0.281. The molecule has 0 saturated heterocycles. The fourth-order valence-corrected chi connectivity index (χ4v) is 3.96. The van der Waals surface area contributed by atoms with Crippen molar-refractivity contribution in [2.24, 2.45) is 10.4 Å². The van der Waals surface area contributed by atoms with Gasteiger partial charge in [0.15, 0.2) is 5.78 Å². The first-order chi connectivity index (χ1) is 19.3. The van der Waals surface area contributed by atoms with Crippen LogP contribution >= 0.6 is 0 Å². The Morgan fingerprint density at radius 3 is 2.50 bits per heavy atom. The summed E-state index contributed by atoms with van der Waals surface area (Å²) in [7, 11) is 3.24. The molecule has 1 fully saturated rings. The zero-order chi connectivity index (χ0) is 29.1. The van der Waals surface area contributed by atoms with E-state index >= 15 is 0 Å². The molecule has 0 heterocycles. The molecule has 0 bridgehead atoms. The molecular formula is C32H34N4O4. The van der Waals surface area contributed by atoms with Gasteiger partial charge >= 0.3 is 0 Å². The van der Waals surface area contributed by atoms with Gasteiger partial charge in [0, 0.05) is 55.5 Å². The van der Waals surface area contributed by atoms with Crippen molar-refractivity contribution in [1.29, 1.82) is 5.26 Å². The third-order valence-corrected chi connectivity index (χ3v) is 6.49. The van der Waals surface area contributed by atoms with Crippen LogP contribution in [0.1, 0.15) is 64.4 Å². The molecule has 2 aromatic rings. The standard InChI is InChI=1S/C32H34N4O4/c1-5-6-10-28(40-26(15-18-34-3)12-14-29(37)35-4)23-8-7-9-24(20-23)31(39)36-25-11-13-27(22(2)19-25)30(38)32(21-33)16-17-32/h5-13,18-20H,14-17H2,1-4H3,(H,35,37)(H,36,39). The van der Waals surface area contributed by atoms with E-state index in [0.29, 0.717) is 58.7 Å². The Balaban J connectivity index is 1.82. The van der Waals surface area contributed by atoms with Crippen molar-refractivity contribution in [2.75, 3.05) is 19.4 Å². The maximum Gasteiger partial charge on any atom is 0.255 e. The lowest BCUT2D eigenvalue weighted by molar-refractivity contribution is -0.119. The predicted octanol–water partition coefficient (Wildman–Crippen LogP) is 5.78. The summed E-state index contributed by atoms with van der Waals surface area (Å²) >= 11 is 0. The van der Waals surface area contributed by atoms with E-state index in [1.807, 2.05) is 25.1 Å². The first-order valence-electron chi connectivity index (χ1n) is 13.1. The second-order valence-corrected chi connectivity index (χ2v) is 9.44. The van der Waals surface area contributed by atoms with Gasteiger partial charge < -0.3 is 20.4 Å². The lowest BCUT2D eigenvalue weighted by atomic mass is 9.93. The van der Waals surface area contributed by atoms with Gasteiger partial charge in [0.1, 0.15) is 16.9 Å². The largest absolute Gasteiger partial charge is 0.461 e. The predicted molar refractivity (Wildman–Crippen MR) is 157 cm³/mol. The highest BCUT2D eigenvalue weighted by Gasteiger charge is 2.50. The van der Waals surface area contributed by atoms with Crippen LogP contribution in [0.4, 0.5) is 5.69 Å². The highest BCUT2D eigenvalue weighted by atomic mass is 16.5. The molecule has 0 atom stereocenters. The number of allylic oxidation sites excluding steroid dienone is 4. The van der Waals surface area contributed by atoms with E-state index in [4.69, 9.17) is 4.74 Å². The maximum absolute atomic E-state index is 13.2. The molecule has 2 aromatic carbocycles. The van der Waals surface area contributed by atoms with Gasteiger partial charge in [-0.2, -0.15) is 5.26 Å². The van der Waals surface area contributed by atoms with E-state index in [0.717, 1.165) is 0 Å². The van der Waals surface area contributed by atoms with Crippen molar-refractivity contribution in [2.45, 2.75) is 39.5 Å². The number of hydrogen-bond acceptors (Lipinski definition) is 6. The number of aliphatic imine (C=N–C) groups is 1. The molecule has 1 saturated carbocycles. The van der Waals surface area contributed by atoms with Crippen molar-refractivity contribution in [3.05, 3.63) is 94.8 Å². The third-order valence-electron chi connectivity index (χ3n) is 6.49. The van der Waals surface area contributed by atoms with Crippen LogP contribution in [0.15, 0.2) is 77.5 Å². The monoisotopic (exact) mass is 538 g/mol. The van der Waals surface area contributed by atoms with E-state index in [9.17, 15) is 19.6 Å². The number of aryl methyl sites for hydroxylation is 1. The number of carbonyl (C=O) groups excluding carboxylic acids is 3. The Kier molecular flexibility index (Phi) is 10.3. The van der Waals surface area contributed by atoms with Crippen molar-refractivity contribution in [3.8, 4) is 6.07 Å². The summed E-state index contributed by atoms with van der Waals surface area (Å²) in [6, 6.07) is 14.3. The lowest BCUT2D eigenvalue weighted by Crippen LogP contribution is -2.16. The molecule has 2 N–H and O–H groups in total. The minimum atomic E-state index is -0.892. The van der Waals surface area contributed by atoms with E-state index in [-0.39, 0.29) is 24.0 Å². The molecule has 0 aliphatic heterocycles. The van der Waals surface area contributed by atoms with E-state index < -0.39 is 5.41 Å². The summed E-state index contributed by atoms with van der Waals surface area (Å²) in [6.07, 6.45) is 10.6. The van der Waals surface area contributed by atoms with E-state index in [1.165, 1.54) is 0 Å². The van der Waals surface area contributed by atoms with Crippen LogP contribution in [-0.4, -0.2) is 37.9 Å². The van der Waals surface area contributed by atoms with E-state index in [1.54, 1.807) is 75.8 Å². The first-order valence-corrected chi connectivity index (χ1v) is 13.1. The minimum Gasteiger partial charge on any atom is -0.461 e. The fourth-order valence-electron chi connectivity index (χ4n) is 3.96. The molecule has 3 rings (SSSR count). The molecule has 40 heavy (non-hydrogen) atoms. The number of ether oxygens (including phenoxy) is 1. The number of hydrogen-bond donors (Lipinski definition) is 2. The van der Waals surface area contributed by atoms with Crippen molar-refractivity contribution < 1.29 is 19.1 Å². The summed E-state index contributed by atoms with van der Waals surface area (Å²) in [5, 5.41) is 14.8. The Bertz CT molecular complexity index is 1440. The van der Waals surface area contributed by atoms with Gasteiger partial charge in [-0.05, 0) is 74.7 Å². The molecule has 1 aliphatic rings. The smallest absolute Gasteiger partial charge is 0.255 e. The topological polar surface area (TPSA) is 121 Å². The average Bonchev–Trinajstić information content (AvgIpc) is 3.77. The molecule has 0 spiro atoms. The summed E-state index contributed by atoms with van der Waals surface area (Å²) < 4.78 is 6.19. The van der Waals surface area contributed by atoms with Gasteiger partial charge in [0.05, 0.1) is 6.07 Å². The van der Waals surface area contributed by atoms with Crippen molar-refractivity contribution in [3.63, 3.8) is 0 Å². The number of nitriles is 1. The van der Waals surface area contributed by atoms with Gasteiger partial charge in [-0.3, -0.25) is 14.4 Å². The Labute approximate surface area is 235 Å². The van der Waals surface area contributed by atoms with E-state index in [2.05, 4.69) is 21.7 Å². The van der Waals surface area contributed by atoms with Crippen LogP contribution in [-0.2, 0) is 9.53 Å². The number of nitrogens with zero attached hydrogens (tertiary/aromatic N) is 2. The lowest BCUT2D eigenvalue weighted by Gasteiger charge is -2.14. The van der Waals surface area contributed by atoms with Gasteiger partial charge in [-0.15, -0.1) is 0 Å². The Morgan fingerprint density at radius 1 is 1.12 bits per heavy atom.